The number of amides is 1. The summed E-state index contributed by atoms with van der Waals surface area (Å²) in [6.07, 6.45) is 0.904. The second-order valence-electron chi connectivity index (χ2n) is 6.53. The van der Waals surface area contributed by atoms with Crippen molar-refractivity contribution in [3.63, 3.8) is 0 Å². The fourth-order valence-corrected chi connectivity index (χ4v) is 5.89. The molecule has 0 spiro atoms. The van der Waals surface area contributed by atoms with Gasteiger partial charge in [0.2, 0.25) is 5.91 Å². The van der Waals surface area contributed by atoms with Gasteiger partial charge in [-0.05, 0) is 56.2 Å². The number of carbonyl (C=O) groups excluding carboxylic acids is 1. The molecular weight excluding hydrogens is 394 g/mol. The number of carbonyl (C=O) groups is 1. The highest BCUT2D eigenvalue weighted by atomic mass is 32.2. The minimum atomic E-state index is -0.233. The predicted molar refractivity (Wildman–Crippen MR) is 115 cm³/mol. The zero-order valence-electron chi connectivity index (χ0n) is 15.0. The van der Waals surface area contributed by atoms with Crippen LogP contribution in [0.1, 0.15) is 19.4 Å². The SMILES string of the molecule is CC(Sc1nn(-c2ccccc2)c(=S)s1)C(=O)N1c2ccccc2CC1C. The molecule has 27 heavy (non-hydrogen) atoms. The summed E-state index contributed by atoms with van der Waals surface area (Å²) in [6.45, 7) is 4.04. The second kappa shape index (κ2) is 7.58. The third-order valence-corrected chi connectivity index (χ3v) is 7.00. The van der Waals surface area contributed by atoms with Crippen LogP contribution in [0.25, 0.3) is 5.69 Å². The lowest BCUT2D eigenvalue weighted by atomic mass is 10.1. The fraction of sp³-hybridized carbons (Fsp3) is 0.250. The molecule has 0 fully saturated rings. The van der Waals surface area contributed by atoms with Crippen LogP contribution >= 0.6 is 35.3 Å². The van der Waals surface area contributed by atoms with Gasteiger partial charge in [0.15, 0.2) is 8.29 Å². The molecule has 2 aromatic carbocycles. The van der Waals surface area contributed by atoms with Crippen LogP contribution in [0.15, 0.2) is 58.9 Å². The predicted octanol–water partition coefficient (Wildman–Crippen LogP) is 5.12. The number of benzene rings is 2. The first kappa shape index (κ1) is 18.4. The fourth-order valence-electron chi connectivity index (χ4n) is 3.34. The summed E-state index contributed by atoms with van der Waals surface area (Å²) in [5.41, 5.74) is 3.20. The maximum Gasteiger partial charge on any atom is 0.240 e. The Morgan fingerprint density at radius 2 is 1.93 bits per heavy atom. The van der Waals surface area contributed by atoms with E-state index in [1.165, 1.54) is 28.7 Å². The molecule has 0 N–H and O–H groups in total. The van der Waals surface area contributed by atoms with E-state index in [1.807, 2.05) is 60.4 Å². The number of thioether (sulfide) groups is 1. The molecule has 0 saturated heterocycles. The minimum Gasteiger partial charge on any atom is -0.308 e. The second-order valence-corrected chi connectivity index (χ2v) is 9.74. The number of para-hydroxylation sites is 2. The van der Waals surface area contributed by atoms with Crippen molar-refractivity contribution >= 4 is 46.9 Å². The van der Waals surface area contributed by atoms with Crippen LogP contribution in [-0.2, 0) is 11.2 Å². The first-order valence-electron chi connectivity index (χ1n) is 8.78. The van der Waals surface area contributed by atoms with Gasteiger partial charge < -0.3 is 4.90 Å². The normalized spacial score (nSPS) is 17.0. The lowest BCUT2D eigenvalue weighted by Gasteiger charge is -2.25. The first-order chi connectivity index (χ1) is 13.0. The Bertz CT molecular complexity index is 1030. The summed E-state index contributed by atoms with van der Waals surface area (Å²) in [6, 6.07) is 18.2. The highest BCUT2D eigenvalue weighted by Gasteiger charge is 2.33. The number of fused-ring (bicyclic) bond motifs is 1. The zero-order chi connectivity index (χ0) is 19.0. The molecular formula is C20H19N3OS3. The van der Waals surface area contributed by atoms with Gasteiger partial charge in [-0.3, -0.25) is 4.79 Å². The van der Waals surface area contributed by atoms with Gasteiger partial charge in [0, 0.05) is 11.7 Å². The first-order valence-corrected chi connectivity index (χ1v) is 10.9. The number of nitrogens with zero attached hydrogens (tertiary/aromatic N) is 3. The van der Waals surface area contributed by atoms with Gasteiger partial charge in [0.1, 0.15) is 0 Å². The van der Waals surface area contributed by atoms with E-state index in [9.17, 15) is 4.79 Å². The molecule has 7 heteroatoms. The summed E-state index contributed by atoms with van der Waals surface area (Å²) < 4.78 is 3.25. The molecule has 4 nitrogen and oxygen atoms in total. The van der Waals surface area contributed by atoms with Crippen molar-refractivity contribution in [2.75, 3.05) is 4.90 Å². The Morgan fingerprint density at radius 1 is 1.22 bits per heavy atom. The van der Waals surface area contributed by atoms with E-state index in [1.54, 1.807) is 4.68 Å². The van der Waals surface area contributed by atoms with Gasteiger partial charge in [-0.25, -0.2) is 4.68 Å². The van der Waals surface area contributed by atoms with Gasteiger partial charge in [-0.15, -0.1) is 5.10 Å². The maximum atomic E-state index is 13.1. The molecule has 1 aliphatic rings. The molecule has 2 heterocycles. The Labute approximate surface area is 171 Å². The van der Waals surface area contributed by atoms with Crippen molar-refractivity contribution < 1.29 is 4.79 Å². The molecule has 0 saturated carbocycles. The third kappa shape index (κ3) is 3.59. The molecule has 1 aliphatic heterocycles. The molecule has 0 aliphatic carbocycles. The van der Waals surface area contributed by atoms with Crippen LogP contribution in [0.5, 0.6) is 0 Å². The molecule has 3 aromatic rings. The molecule has 2 unspecified atom stereocenters. The zero-order valence-corrected chi connectivity index (χ0v) is 17.5. The van der Waals surface area contributed by atoms with Gasteiger partial charge >= 0.3 is 0 Å². The minimum absolute atomic E-state index is 0.116. The van der Waals surface area contributed by atoms with E-state index < -0.39 is 0 Å². The average Bonchev–Trinajstić information content (AvgIpc) is 3.20. The molecule has 0 bridgehead atoms. The number of aromatic nitrogens is 2. The Morgan fingerprint density at radius 3 is 2.70 bits per heavy atom. The quantitative estimate of drug-likeness (QED) is 0.439. The van der Waals surface area contributed by atoms with Crippen LogP contribution in [-0.4, -0.2) is 27.0 Å². The van der Waals surface area contributed by atoms with Crippen LogP contribution in [0.2, 0.25) is 0 Å². The van der Waals surface area contributed by atoms with Crippen LogP contribution in [0.4, 0.5) is 5.69 Å². The molecule has 0 radical (unpaired) electrons. The lowest BCUT2D eigenvalue weighted by Crippen LogP contribution is -2.40. The summed E-state index contributed by atoms with van der Waals surface area (Å²) >= 11 is 8.38. The van der Waals surface area contributed by atoms with Crippen molar-refractivity contribution in [3.8, 4) is 5.69 Å². The van der Waals surface area contributed by atoms with E-state index in [2.05, 4.69) is 18.1 Å². The summed E-state index contributed by atoms with van der Waals surface area (Å²) in [5.74, 6) is 0.116. The van der Waals surface area contributed by atoms with Gasteiger partial charge in [-0.2, -0.15) is 0 Å². The Balaban J connectivity index is 1.54. The van der Waals surface area contributed by atoms with E-state index >= 15 is 0 Å². The van der Waals surface area contributed by atoms with E-state index in [-0.39, 0.29) is 17.2 Å². The summed E-state index contributed by atoms with van der Waals surface area (Å²) in [4.78, 5) is 15.1. The van der Waals surface area contributed by atoms with Crippen LogP contribution < -0.4 is 4.90 Å². The molecule has 1 aromatic heterocycles. The van der Waals surface area contributed by atoms with E-state index in [0.717, 1.165) is 22.1 Å². The highest BCUT2D eigenvalue weighted by Crippen LogP contribution is 2.35. The van der Waals surface area contributed by atoms with Crippen molar-refractivity contribution in [1.82, 2.24) is 9.78 Å². The number of anilines is 1. The van der Waals surface area contributed by atoms with Crippen LogP contribution in [0, 0.1) is 3.95 Å². The standard InChI is InChI=1S/C20H19N3OS3/c1-13-12-15-8-6-7-11-17(15)22(13)18(24)14(2)26-19-21-23(20(25)27-19)16-9-4-3-5-10-16/h3-11,13-14H,12H2,1-2H3. The van der Waals surface area contributed by atoms with Gasteiger partial charge in [0.25, 0.3) is 0 Å². The van der Waals surface area contributed by atoms with Crippen molar-refractivity contribution in [3.05, 3.63) is 64.1 Å². The molecule has 4 rings (SSSR count). The number of hydrogen-bond acceptors (Lipinski definition) is 5. The van der Waals surface area contributed by atoms with Crippen molar-refractivity contribution in [1.29, 1.82) is 0 Å². The molecule has 138 valence electrons. The Hall–Kier alpha value is -1.96. The van der Waals surface area contributed by atoms with E-state index in [0.29, 0.717) is 3.95 Å². The largest absolute Gasteiger partial charge is 0.308 e. The van der Waals surface area contributed by atoms with Gasteiger partial charge in [0.05, 0.1) is 10.9 Å². The lowest BCUT2D eigenvalue weighted by molar-refractivity contribution is -0.118. The Kier molecular flexibility index (Phi) is 5.16. The van der Waals surface area contributed by atoms with E-state index in [4.69, 9.17) is 12.2 Å². The molecule has 1 amide bonds. The monoisotopic (exact) mass is 413 g/mol. The average molecular weight is 414 g/mol. The van der Waals surface area contributed by atoms with Crippen molar-refractivity contribution in [2.45, 2.75) is 35.9 Å². The highest BCUT2D eigenvalue weighted by molar-refractivity contribution is 8.02. The maximum absolute atomic E-state index is 13.1. The summed E-state index contributed by atoms with van der Waals surface area (Å²) in [5, 5.41) is 4.38. The smallest absolute Gasteiger partial charge is 0.240 e. The van der Waals surface area contributed by atoms with Gasteiger partial charge in [-0.1, -0.05) is 59.5 Å². The third-order valence-electron chi connectivity index (χ3n) is 4.60. The van der Waals surface area contributed by atoms with Crippen LogP contribution in [0.3, 0.4) is 0 Å². The number of hydrogen-bond donors (Lipinski definition) is 0. The topological polar surface area (TPSA) is 38.1 Å². The summed E-state index contributed by atoms with van der Waals surface area (Å²) in [7, 11) is 0. The number of rotatable bonds is 4. The van der Waals surface area contributed by atoms with Crippen molar-refractivity contribution in [2.24, 2.45) is 0 Å². The molecule has 2 atom stereocenters.